The Morgan fingerprint density at radius 2 is 1.10 bits per heavy atom. The highest BCUT2D eigenvalue weighted by Crippen LogP contribution is 2.38. The highest BCUT2D eigenvalue weighted by atomic mass is 15.1. The zero-order chi connectivity index (χ0) is 41.7. The molecule has 4 nitrogen and oxygen atoms in total. The first kappa shape index (κ1) is 38.1. The van der Waals surface area contributed by atoms with Gasteiger partial charge in [0.2, 0.25) is 0 Å². The van der Waals surface area contributed by atoms with E-state index in [1.807, 2.05) is 42.5 Å². The lowest BCUT2D eigenvalue weighted by Crippen LogP contribution is -2.10. The van der Waals surface area contributed by atoms with E-state index in [0.717, 1.165) is 73.9 Å². The van der Waals surface area contributed by atoms with Crippen molar-refractivity contribution in [3.05, 3.63) is 247 Å². The molecule has 0 fully saturated rings. The molecule has 0 saturated carbocycles. The molecule has 0 N–H and O–H groups in total. The van der Waals surface area contributed by atoms with Gasteiger partial charge in [-0.15, -0.1) is 0 Å². The molecule has 7 aromatic carbocycles. The first-order valence-corrected chi connectivity index (χ1v) is 21.2. The zero-order valence-electron chi connectivity index (χ0n) is 34.5. The van der Waals surface area contributed by atoms with Crippen LogP contribution in [-0.2, 0) is 0 Å². The molecule has 1 aliphatic carbocycles. The SMILES string of the molecule is C/C=C(\C=C/c1cc2cc(-c3ccccc3)ccc2n1-c1ccc(N(c2ccccc2)c2ccc(-c3nc4ccccc4nc3-c3ccccc3)cc2)cc1)C1=CC=CC=CC1. The van der Waals surface area contributed by atoms with Gasteiger partial charge in [-0.2, -0.15) is 0 Å². The van der Waals surface area contributed by atoms with Crippen LogP contribution in [0.5, 0.6) is 0 Å². The number of anilines is 3. The van der Waals surface area contributed by atoms with Gasteiger partial charge in [0.25, 0.3) is 0 Å². The van der Waals surface area contributed by atoms with Crippen molar-refractivity contribution < 1.29 is 0 Å². The summed E-state index contributed by atoms with van der Waals surface area (Å²) in [5, 5.41) is 1.19. The first-order valence-electron chi connectivity index (χ1n) is 21.2. The second-order valence-corrected chi connectivity index (χ2v) is 15.3. The van der Waals surface area contributed by atoms with E-state index in [1.54, 1.807) is 0 Å². The lowest BCUT2D eigenvalue weighted by Gasteiger charge is -2.26. The maximum Gasteiger partial charge on any atom is 0.0973 e. The fourth-order valence-corrected chi connectivity index (χ4v) is 8.36. The molecule has 10 rings (SSSR count). The van der Waals surface area contributed by atoms with Crippen LogP contribution in [0.25, 0.3) is 67.3 Å². The molecule has 0 spiro atoms. The van der Waals surface area contributed by atoms with Gasteiger partial charge < -0.3 is 9.47 Å². The molecule has 9 aromatic rings. The van der Waals surface area contributed by atoms with Crippen LogP contribution in [0.15, 0.2) is 242 Å². The molecule has 0 radical (unpaired) electrons. The standard InChI is InChI=1S/C58H44N4/c1-2-42(43-18-8-3-4-9-19-43)28-34-53-41-48-40-47(44-20-10-5-11-21-44)31-39-56(48)62(53)52-37-35-51(36-38-52)61(49-24-14-7-15-25-49)50-32-29-46(30-33-50)58-57(45-22-12-6-13-23-45)59-54-26-16-17-27-55(54)60-58/h2-18,20-41H,19H2,1H3/b34-28-,42-2+. The quantitative estimate of drug-likeness (QED) is 0.129. The smallest absolute Gasteiger partial charge is 0.0973 e. The molecule has 0 bridgehead atoms. The molecule has 0 unspecified atom stereocenters. The number of allylic oxidation sites excluding steroid dienone is 9. The molecule has 62 heavy (non-hydrogen) atoms. The second kappa shape index (κ2) is 17.3. The maximum atomic E-state index is 5.16. The summed E-state index contributed by atoms with van der Waals surface area (Å²) in [5.41, 5.74) is 17.0. The van der Waals surface area contributed by atoms with Crippen LogP contribution in [0, 0.1) is 0 Å². The zero-order valence-corrected chi connectivity index (χ0v) is 34.5. The Morgan fingerprint density at radius 1 is 0.532 bits per heavy atom. The van der Waals surface area contributed by atoms with Gasteiger partial charge >= 0.3 is 0 Å². The van der Waals surface area contributed by atoms with Crippen molar-refractivity contribution in [3.8, 4) is 39.3 Å². The van der Waals surface area contributed by atoms with Crippen molar-refractivity contribution in [1.29, 1.82) is 0 Å². The van der Waals surface area contributed by atoms with Gasteiger partial charge in [-0.05, 0) is 121 Å². The van der Waals surface area contributed by atoms with Crippen molar-refractivity contribution in [2.75, 3.05) is 4.90 Å². The van der Waals surface area contributed by atoms with Crippen molar-refractivity contribution in [2.24, 2.45) is 0 Å². The van der Waals surface area contributed by atoms with Gasteiger partial charge in [0, 0.05) is 45.0 Å². The van der Waals surface area contributed by atoms with E-state index in [-0.39, 0.29) is 0 Å². The third-order valence-electron chi connectivity index (χ3n) is 11.4. The molecule has 2 aromatic heterocycles. The Bertz CT molecular complexity index is 3170. The van der Waals surface area contributed by atoms with E-state index < -0.39 is 0 Å². The molecule has 0 saturated heterocycles. The highest BCUT2D eigenvalue weighted by molar-refractivity contribution is 5.91. The molecule has 2 heterocycles. The monoisotopic (exact) mass is 796 g/mol. The molecule has 0 atom stereocenters. The Labute approximate surface area is 363 Å². The minimum atomic E-state index is 0.859. The summed E-state index contributed by atoms with van der Waals surface area (Å²) in [6, 6.07) is 66.3. The molecule has 296 valence electrons. The number of hydrogen-bond acceptors (Lipinski definition) is 3. The van der Waals surface area contributed by atoms with Crippen molar-refractivity contribution in [2.45, 2.75) is 13.3 Å². The molecule has 4 heteroatoms. The number of hydrogen-bond donors (Lipinski definition) is 0. The Kier molecular flexibility index (Phi) is 10.6. The van der Waals surface area contributed by atoms with Crippen LogP contribution in [0.3, 0.4) is 0 Å². The van der Waals surface area contributed by atoms with Crippen molar-refractivity contribution in [3.63, 3.8) is 0 Å². The van der Waals surface area contributed by atoms with Gasteiger partial charge in [0.1, 0.15) is 0 Å². The van der Waals surface area contributed by atoms with Gasteiger partial charge in [-0.1, -0.05) is 152 Å². The lowest BCUT2D eigenvalue weighted by atomic mass is 10.0. The number of nitrogens with zero attached hydrogens (tertiary/aromatic N) is 4. The number of aromatic nitrogens is 3. The second-order valence-electron chi connectivity index (χ2n) is 15.3. The van der Waals surface area contributed by atoms with E-state index in [4.69, 9.17) is 9.97 Å². The van der Waals surface area contributed by atoms with E-state index in [2.05, 4.69) is 211 Å². The van der Waals surface area contributed by atoms with Gasteiger partial charge in [-0.3, -0.25) is 0 Å². The van der Waals surface area contributed by atoms with Crippen molar-refractivity contribution >= 4 is 45.1 Å². The fourth-order valence-electron chi connectivity index (χ4n) is 8.36. The van der Waals surface area contributed by atoms with Crippen LogP contribution in [0.2, 0.25) is 0 Å². The van der Waals surface area contributed by atoms with Crippen LogP contribution >= 0.6 is 0 Å². The minimum absolute atomic E-state index is 0.859. The average Bonchev–Trinajstić information content (AvgIpc) is 3.48. The summed E-state index contributed by atoms with van der Waals surface area (Å²) in [6.07, 6.45) is 18.4. The predicted molar refractivity (Wildman–Crippen MR) is 261 cm³/mol. The Hall–Kier alpha value is -8.08. The van der Waals surface area contributed by atoms with Gasteiger partial charge in [0.05, 0.1) is 27.9 Å². The maximum absolute atomic E-state index is 5.16. The van der Waals surface area contributed by atoms with Crippen LogP contribution in [0.4, 0.5) is 17.1 Å². The van der Waals surface area contributed by atoms with E-state index in [9.17, 15) is 0 Å². The van der Waals surface area contributed by atoms with Gasteiger partial charge in [0.15, 0.2) is 0 Å². The highest BCUT2D eigenvalue weighted by Gasteiger charge is 2.18. The largest absolute Gasteiger partial charge is 0.311 e. The number of rotatable bonds is 10. The fraction of sp³-hybridized carbons (Fsp3) is 0.0345. The average molecular weight is 797 g/mol. The number of benzene rings is 7. The third kappa shape index (κ3) is 7.74. The van der Waals surface area contributed by atoms with E-state index >= 15 is 0 Å². The molecular formula is C58H44N4. The summed E-state index contributed by atoms with van der Waals surface area (Å²) in [6.45, 7) is 2.12. The molecule has 0 amide bonds. The summed E-state index contributed by atoms with van der Waals surface area (Å²) >= 11 is 0. The lowest BCUT2D eigenvalue weighted by molar-refractivity contribution is 1.10. The summed E-state index contributed by atoms with van der Waals surface area (Å²) in [4.78, 5) is 12.6. The summed E-state index contributed by atoms with van der Waals surface area (Å²) in [7, 11) is 0. The van der Waals surface area contributed by atoms with Crippen molar-refractivity contribution in [1.82, 2.24) is 14.5 Å². The van der Waals surface area contributed by atoms with Crippen LogP contribution in [0.1, 0.15) is 19.0 Å². The Balaban J connectivity index is 1.04. The summed E-state index contributed by atoms with van der Waals surface area (Å²) in [5.74, 6) is 0. The number of fused-ring (bicyclic) bond motifs is 2. The third-order valence-corrected chi connectivity index (χ3v) is 11.4. The van der Waals surface area contributed by atoms with Gasteiger partial charge in [-0.25, -0.2) is 9.97 Å². The molecule has 0 aliphatic heterocycles. The molecular weight excluding hydrogens is 753 g/mol. The summed E-state index contributed by atoms with van der Waals surface area (Å²) < 4.78 is 2.37. The first-order chi connectivity index (χ1) is 30.7. The van der Waals surface area contributed by atoms with Crippen LogP contribution in [-0.4, -0.2) is 14.5 Å². The van der Waals surface area contributed by atoms with E-state index in [1.165, 1.54) is 27.7 Å². The molecule has 1 aliphatic rings. The normalized spacial score (nSPS) is 12.9. The minimum Gasteiger partial charge on any atom is -0.311 e. The Morgan fingerprint density at radius 3 is 1.76 bits per heavy atom. The topological polar surface area (TPSA) is 34.0 Å². The number of para-hydroxylation sites is 3. The predicted octanol–water partition coefficient (Wildman–Crippen LogP) is 15.4. The van der Waals surface area contributed by atoms with E-state index in [0.29, 0.717) is 0 Å². The van der Waals surface area contributed by atoms with Crippen LogP contribution < -0.4 is 4.90 Å².